The lowest BCUT2D eigenvalue weighted by Crippen LogP contribution is -2.40. The van der Waals surface area contributed by atoms with E-state index in [4.69, 9.17) is 16.1 Å². The minimum absolute atomic E-state index is 0.0502. The average Bonchev–Trinajstić information content (AvgIpc) is 3.04. The number of amides is 1. The molecule has 0 aliphatic carbocycles. The van der Waals surface area contributed by atoms with E-state index in [0.29, 0.717) is 21.9 Å². The van der Waals surface area contributed by atoms with Crippen molar-refractivity contribution in [2.45, 2.75) is 46.1 Å². The summed E-state index contributed by atoms with van der Waals surface area (Å²) in [5, 5.41) is 7.18. The van der Waals surface area contributed by atoms with Crippen LogP contribution in [-0.4, -0.2) is 22.9 Å². The molecule has 0 fully saturated rings. The molecule has 134 valence electrons. The minimum atomic E-state index is -0.386. The Morgan fingerprint density at radius 2 is 1.76 bits per heavy atom. The first kappa shape index (κ1) is 19.2. The number of benzene rings is 1. The molecule has 0 aliphatic heterocycles. The molecule has 0 radical (unpaired) electrons. The second kappa shape index (κ2) is 7.40. The van der Waals surface area contributed by atoms with Gasteiger partial charge in [-0.3, -0.25) is 9.59 Å². The number of ketones is 1. The normalized spacial score (nSPS) is 14.0. The highest BCUT2D eigenvalue weighted by Crippen LogP contribution is 2.25. The monoisotopic (exact) mass is 362 g/mol. The Morgan fingerprint density at radius 1 is 1.16 bits per heavy atom. The van der Waals surface area contributed by atoms with E-state index in [-0.39, 0.29) is 29.1 Å². The third-order valence-corrected chi connectivity index (χ3v) is 4.40. The molecule has 1 heterocycles. The average molecular weight is 363 g/mol. The topological polar surface area (TPSA) is 72.2 Å². The van der Waals surface area contributed by atoms with E-state index in [0.717, 1.165) is 0 Å². The van der Waals surface area contributed by atoms with E-state index in [1.54, 1.807) is 38.1 Å². The van der Waals surface area contributed by atoms with Crippen molar-refractivity contribution < 1.29 is 14.1 Å². The number of halogens is 1. The van der Waals surface area contributed by atoms with E-state index >= 15 is 0 Å². The Labute approximate surface area is 152 Å². The molecule has 0 aliphatic rings. The van der Waals surface area contributed by atoms with Crippen molar-refractivity contribution >= 4 is 23.3 Å². The fraction of sp³-hybridized carbons (Fsp3) is 0.421. The molecule has 0 saturated carbocycles. The number of carbonyl (C=O) groups is 2. The summed E-state index contributed by atoms with van der Waals surface area (Å²) in [5.41, 5.74) is 0.626. The van der Waals surface area contributed by atoms with Crippen LogP contribution < -0.4 is 5.32 Å². The molecule has 1 N–H and O–H groups in total. The molecule has 2 unspecified atom stereocenters. The van der Waals surface area contributed by atoms with Crippen molar-refractivity contribution in [1.29, 1.82) is 0 Å². The fourth-order valence-electron chi connectivity index (χ4n) is 2.46. The molecule has 0 bridgehead atoms. The standard InChI is InChI=1S/C19H23ClN2O3/c1-11(16(23)13-6-8-14(20)9-7-13)12(2)22-18(24)15-10-21-25-17(15)19(3,4)5/h6-12H,1-5H3,(H,22,24). The molecule has 2 atom stereocenters. The number of carbonyl (C=O) groups excluding carboxylic acids is 2. The predicted octanol–water partition coefficient (Wildman–Crippen LogP) is 4.26. The van der Waals surface area contributed by atoms with Crippen LogP contribution in [-0.2, 0) is 5.41 Å². The van der Waals surface area contributed by atoms with Gasteiger partial charge in [-0.05, 0) is 31.2 Å². The van der Waals surface area contributed by atoms with Crippen LogP contribution in [0.5, 0.6) is 0 Å². The maximum Gasteiger partial charge on any atom is 0.256 e. The van der Waals surface area contributed by atoms with Crippen LogP contribution in [0.1, 0.15) is 61.1 Å². The van der Waals surface area contributed by atoms with Gasteiger partial charge in [-0.1, -0.05) is 44.5 Å². The summed E-state index contributed by atoms with van der Waals surface area (Å²) in [4.78, 5) is 25.1. The van der Waals surface area contributed by atoms with Crippen LogP contribution in [0.15, 0.2) is 35.0 Å². The van der Waals surface area contributed by atoms with Gasteiger partial charge < -0.3 is 9.84 Å². The van der Waals surface area contributed by atoms with Crippen molar-refractivity contribution in [3.8, 4) is 0 Å². The van der Waals surface area contributed by atoms with Gasteiger partial charge in [-0.2, -0.15) is 0 Å². The van der Waals surface area contributed by atoms with Crippen LogP contribution in [0.3, 0.4) is 0 Å². The summed E-state index contributed by atoms with van der Waals surface area (Å²) in [5.74, 6) is -0.211. The molecule has 6 heteroatoms. The van der Waals surface area contributed by atoms with E-state index in [1.165, 1.54) is 6.20 Å². The van der Waals surface area contributed by atoms with Crippen LogP contribution in [0, 0.1) is 5.92 Å². The summed E-state index contributed by atoms with van der Waals surface area (Å²) < 4.78 is 5.23. The highest BCUT2D eigenvalue weighted by molar-refractivity contribution is 6.30. The highest BCUT2D eigenvalue weighted by Gasteiger charge is 2.29. The molecule has 1 aromatic heterocycles. The van der Waals surface area contributed by atoms with Gasteiger partial charge in [0.2, 0.25) is 0 Å². The van der Waals surface area contributed by atoms with Gasteiger partial charge in [0.1, 0.15) is 5.56 Å². The summed E-state index contributed by atoms with van der Waals surface area (Å²) in [7, 11) is 0. The van der Waals surface area contributed by atoms with Gasteiger partial charge >= 0.3 is 0 Å². The number of nitrogens with zero attached hydrogens (tertiary/aromatic N) is 1. The van der Waals surface area contributed by atoms with Crippen molar-refractivity contribution in [3.05, 3.63) is 52.4 Å². The predicted molar refractivity (Wildman–Crippen MR) is 97.1 cm³/mol. The maximum absolute atomic E-state index is 12.6. The molecule has 0 saturated heterocycles. The first-order valence-electron chi connectivity index (χ1n) is 8.17. The Bertz CT molecular complexity index is 760. The van der Waals surface area contributed by atoms with Crippen molar-refractivity contribution in [2.24, 2.45) is 5.92 Å². The fourth-order valence-corrected chi connectivity index (χ4v) is 2.58. The van der Waals surface area contributed by atoms with Crippen molar-refractivity contribution in [1.82, 2.24) is 10.5 Å². The van der Waals surface area contributed by atoms with Crippen molar-refractivity contribution in [3.63, 3.8) is 0 Å². The van der Waals surface area contributed by atoms with E-state index in [1.807, 2.05) is 20.8 Å². The largest absolute Gasteiger partial charge is 0.360 e. The molecule has 1 amide bonds. The molecular weight excluding hydrogens is 340 g/mol. The lowest BCUT2D eigenvalue weighted by atomic mass is 9.90. The number of hydrogen-bond acceptors (Lipinski definition) is 4. The van der Waals surface area contributed by atoms with E-state index < -0.39 is 0 Å². The summed E-state index contributed by atoms with van der Waals surface area (Å²) in [6, 6.07) is 6.38. The zero-order valence-corrected chi connectivity index (χ0v) is 15.8. The molecular formula is C19H23ClN2O3. The SMILES string of the molecule is CC(NC(=O)c1cnoc1C(C)(C)C)C(C)C(=O)c1ccc(Cl)cc1. The molecule has 25 heavy (non-hydrogen) atoms. The number of hydrogen-bond donors (Lipinski definition) is 1. The third-order valence-electron chi connectivity index (χ3n) is 4.15. The van der Waals surface area contributed by atoms with E-state index in [2.05, 4.69) is 10.5 Å². The molecule has 1 aromatic carbocycles. The third kappa shape index (κ3) is 4.48. The highest BCUT2D eigenvalue weighted by atomic mass is 35.5. The second-order valence-corrected chi connectivity index (χ2v) is 7.68. The second-order valence-electron chi connectivity index (χ2n) is 7.24. The number of aromatic nitrogens is 1. The summed E-state index contributed by atoms with van der Waals surface area (Å²) >= 11 is 5.85. The quantitative estimate of drug-likeness (QED) is 0.806. The number of rotatable bonds is 5. The molecule has 2 aromatic rings. The van der Waals surface area contributed by atoms with Gasteiger partial charge in [0.05, 0.1) is 6.20 Å². The molecule has 0 spiro atoms. The minimum Gasteiger partial charge on any atom is -0.360 e. The van der Waals surface area contributed by atoms with Gasteiger partial charge in [-0.15, -0.1) is 0 Å². The maximum atomic E-state index is 12.6. The van der Waals surface area contributed by atoms with Crippen LogP contribution in [0.2, 0.25) is 5.02 Å². The van der Waals surface area contributed by atoms with Gasteiger partial charge in [0.25, 0.3) is 5.91 Å². The van der Waals surface area contributed by atoms with Gasteiger partial charge in [0, 0.05) is 28.0 Å². The van der Waals surface area contributed by atoms with Crippen LogP contribution in [0.4, 0.5) is 0 Å². The zero-order valence-electron chi connectivity index (χ0n) is 15.1. The van der Waals surface area contributed by atoms with Crippen LogP contribution in [0.25, 0.3) is 0 Å². The van der Waals surface area contributed by atoms with Crippen molar-refractivity contribution in [2.75, 3.05) is 0 Å². The summed E-state index contributed by atoms with van der Waals surface area (Å²) in [6.45, 7) is 9.43. The lowest BCUT2D eigenvalue weighted by molar-refractivity contribution is 0.0867. The zero-order chi connectivity index (χ0) is 18.8. The summed E-state index contributed by atoms with van der Waals surface area (Å²) in [6.07, 6.45) is 1.41. The smallest absolute Gasteiger partial charge is 0.256 e. The Kier molecular flexibility index (Phi) is 5.68. The Balaban J connectivity index is 2.09. The number of nitrogens with one attached hydrogen (secondary N) is 1. The first-order chi connectivity index (χ1) is 11.6. The van der Waals surface area contributed by atoms with Crippen LogP contribution >= 0.6 is 11.6 Å². The molecule has 5 nitrogen and oxygen atoms in total. The Morgan fingerprint density at radius 3 is 2.32 bits per heavy atom. The van der Waals surface area contributed by atoms with Gasteiger partial charge in [0.15, 0.2) is 11.5 Å². The molecule has 2 rings (SSSR count). The first-order valence-corrected chi connectivity index (χ1v) is 8.55. The van der Waals surface area contributed by atoms with Gasteiger partial charge in [-0.25, -0.2) is 0 Å². The Hall–Kier alpha value is -2.14. The van der Waals surface area contributed by atoms with E-state index in [9.17, 15) is 9.59 Å². The number of Topliss-reactive ketones (excluding diaryl/α,β-unsaturated/α-hetero) is 1. The lowest BCUT2D eigenvalue weighted by Gasteiger charge is -2.21.